The zero-order chi connectivity index (χ0) is 14.4. The number of benzene rings is 1. The number of hydrogen-bond acceptors (Lipinski definition) is 2. The SMILES string of the molecule is CC1(CNC(=O)NC(CO)c2ccccc2)CCCC1. The highest BCUT2D eigenvalue weighted by molar-refractivity contribution is 5.74. The van der Waals surface area contributed by atoms with Gasteiger partial charge in [-0.1, -0.05) is 50.1 Å². The van der Waals surface area contributed by atoms with Crippen LogP contribution in [-0.4, -0.2) is 24.3 Å². The van der Waals surface area contributed by atoms with Gasteiger partial charge in [-0.15, -0.1) is 0 Å². The van der Waals surface area contributed by atoms with Gasteiger partial charge in [-0.25, -0.2) is 4.79 Å². The summed E-state index contributed by atoms with van der Waals surface area (Å²) in [6.07, 6.45) is 4.86. The molecular formula is C16H24N2O2. The smallest absolute Gasteiger partial charge is 0.315 e. The molecule has 1 fully saturated rings. The van der Waals surface area contributed by atoms with E-state index in [4.69, 9.17) is 0 Å². The zero-order valence-electron chi connectivity index (χ0n) is 12.1. The Labute approximate surface area is 120 Å². The fourth-order valence-corrected chi connectivity index (χ4v) is 2.83. The molecule has 0 aliphatic heterocycles. The van der Waals surface area contributed by atoms with Crippen molar-refractivity contribution < 1.29 is 9.90 Å². The van der Waals surface area contributed by atoms with Crippen molar-refractivity contribution in [2.75, 3.05) is 13.2 Å². The van der Waals surface area contributed by atoms with Crippen LogP contribution >= 0.6 is 0 Å². The molecule has 2 amide bonds. The van der Waals surface area contributed by atoms with E-state index in [9.17, 15) is 9.90 Å². The Hall–Kier alpha value is -1.55. The molecule has 0 heterocycles. The average molecular weight is 276 g/mol. The minimum Gasteiger partial charge on any atom is -0.394 e. The summed E-state index contributed by atoms with van der Waals surface area (Å²) in [5, 5.41) is 15.2. The van der Waals surface area contributed by atoms with Crippen LogP contribution in [0.4, 0.5) is 4.79 Å². The fourth-order valence-electron chi connectivity index (χ4n) is 2.83. The molecular weight excluding hydrogens is 252 g/mol. The molecule has 0 saturated heterocycles. The zero-order valence-corrected chi connectivity index (χ0v) is 12.1. The second-order valence-electron chi connectivity index (χ2n) is 5.99. The molecule has 4 heteroatoms. The third-order valence-corrected chi connectivity index (χ3v) is 4.18. The molecule has 1 aromatic carbocycles. The minimum absolute atomic E-state index is 0.102. The van der Waals surface area contributed by atoms with Gasteiger partial charge in [0.15, 0.2) is 0 Å². The standard InChI is InChI=1S/C16H24N2O2/c1-16(9-5-6-10-16)12-17-15(20)18-14(11-19)13-7-3-2-4-8-13/h2-4,7-8,14,19H,5-6,9-12H2,1H3,(H2,17,18,20). The molecule has 1 aliphatic carbocycles. The number of nitrogens with one attached hydrogen (secondary N) is 2. The number of carbonyl (C=O) groups excluding carboxylic acids is 1. The van der Waals surface area contributed by atoms with Crippen LogP contribution in [0.2, 0.25) is 0 Å². The summed E-state index contributed by atoms with van der Waals surface area (Å²) in [5.41, 5.74) is 1.15. The third-order valence-electron chi connectivity index (χ3n) is 4.18. The van der Waals surface area contributed by atoms with E-state index in [2.05, 4.69) is 17.6 Å². The van der Waals surface area contributed by atoms with E-state index in [0.717, 1.165) is 5.56 Å². The summed E-state index contributed by atoms with van der Waals surface area (Å²) >= 11 is 0. The molecule has 20 heavy (non-hydrogen) atoms. The third kappa shape index (κ3) is 3.97. The lowest BCUT2D eigenvalue weighted by Crippen LogP contribution is -2.43. The van der Waals surface area contributed by atoms with Crippen LogP contribution in [0, 0.1) is 5.41 Å². The van der Waals surface area contributed by atoms with Crippen molar-refractivity contribution >= 4 is 6.03 Å². The molecule has 0 spiro atoms. The van der Waals surface area contributed by atoms with Crippen LogP contribution in [0.15, 0.2) is 30.3 Å². The molecule has 1 aliphatic rings. The van der Waals surface area contributed by atoms with Crippen molar-refractivity contribution in [1.29, 1.82) is 0 Å². The van der Waals surface area contributed by atoms with Crippen molar-refractivity contribution in [2.45, 2.75) is 38.6 Å². The molecule has 4 nitrogen and oxygen atoms in total. The first-order valence-corrected chi connectivity index (χ1v) is 7.33. The van der Waals surface area contributed by atoms with Crippen molar-refractivity contribution in [1.82, 2.24) is 10.6 Å². The average Bonchev–Trinajstić information content (AvgIpc) is 2.91. The summed E-state index contributed by atoms with van der Waals surface area (Å²) in [6.45, 7) is 2.82. The highest BCUT2D eigenvalue weighted by Gasteiger charge is 2.29. The van der Waals surface area contributed by atoms with Gasteiger partial charge < -0.3 is 15.7 Å². The van der Waals surface area contributed by atoms with Gasteiger partial charge in [-0.05, 0) is 23.8 Å². The van der Waals surface area contributed by atoms with Crippen molar-refractivity contribution in [3.8, 4) is 0 Å². The molecule has 110 valence electrons. The second-order valence-corrected chi connectivity index (χ2v) is 5.99. The summed E-state index contributed by atoms with van der Waals surface area (Å²) in [7, 11) is 0. The van der Waals surface area contributed by atoms with Crippen LogP contribution < -0.4 is 10.6 Å². The Morgan fingerprint density at radius 1 is 1.30 bits per heavy atom. The predicted octanol–water partition coefficient (Wildman–Crippen LogP) is 2.60. The Morgan fingerprint density at radius 2 is 1.95 bits per heavy atom. The van der Waals surface area contributed by atoms with Crippen LogP contribution in [0.5, 0.6) is 0 Å². The molecule has 0 bridgehead atoms. The van der Waals surface area contributed by atoms with Gasteiger partial charge in [0.25, 0.3) is 0 Å². The molecule has 0 aromatic heterocycles. The van der Waals surface area contributed by atoms with Gasteiger partial charge in [0.2, 0.25) is 0 Å². The van der Waals surface area contributed by atoms with Crippen LogP contribution in [0.1, 0.15) is 44.2 Å². The normalized spacial score (nSPS) is 18.5. The number of rotatable bonds is 5. The Kier molecular flexibility index (Phi) is 5.01. The monoisotopic (exact) mass is 276 g/mol. The molecule has 0 radical (unpaired) electrons. The molecule has 1 atom stereocenters. The number of aliphatic hydroxyl groups is 1. The fraction of sp³-hybridized carbons (Fsp3) is 0.562. The van der Waals surface area contributed by atoms with E-state index < -0.39 is 0 Å². The number of carbonyl (C=O) groups is 1. The number of aliphatic hydroxyl groups excluding tert-OH is 1. The maximum Gasteiger partial charge on any atom is 0.315 e. The topological polar surface area (TPSA) is 61.4 Å². The van der Waals surface area contributed by atoms with Crippen LogP contribution in [0.25, 0.3) is 0 Å². The van der Waals surface area contributed by atoms with E-state index in [1.165, 1.54) is 25.7 Å². The molecule has 1 saturated carbocycles. The van der Waals surface area contributed by atoms with Gasteiger partial charge in [0.1, 0.15) is 0 Å². The maximum absolute atomic E-state index is 12.0. The molecule has 1 unspecified atom stereocenters. The summed E-state index contributed by atoms with van der Waals surface area (Å²) in [6, 6.07) is 8.96. The van der Waals surface area contributed by atoms with Crippen LogP contribution in [0.3, 0.4) is 0 Å². The van der Waals surface area contributed by atoms with E-state index in [1.54, 1.807) is 0 Å². The summed E-state index contributed by atoms with van der Waals surface area (Å²) in [4.78, 5) is 12.0. The Balaban J connectivity index is 1.83. The second kappa shape index (κ2) is 6.75. The van der Waals surface area contributed by atoms with E-state index in [1.807, 2.05) is 30.3 Å². The van der Waals surface area contributed by atoms with Crippen LogP contribution in [-0.2, 0) is 0 Å². The molecule has 2 rings (SSSR count). The van der Waals surface area contributed by atoms with Crippen molar-refractivity contribution in [2.24, 2.45) is 5.41 Å². The lowest BCUT2D eigenvalue weighted by atomic mass is 9.89. The van der Waals surface area contributed by atoms with Crippen molar-refractivity contribution in [3.63, 3.8) is 0 Å². The number of amides is 2. The van der Waals surface area contributed by atoms with E-state index >= 15 is 0 Å². The first-order valence-electron chi connectivity index (χ1n) is 7.33. The Morgan fingerprint density at radius 3 is 2.55 bits per heavy atom. The van der Waals surface area contributed by atoms with Gasteiger partial charge in [-0.3, -0.25) is 0 Å². The van der Waals surface area contributed by atoms with Gasteiger partial charge >= 0.3 is 6.03 Å². The predicted molar refractivity (Wildman–Crippen MR) is 79.4 cm³/mol. The minimum atomic E-state index is -0.354. The van der Waals surface area contributed by atoms with E-state index in [0.29, 0.717) is 6.54 Å². The first-order chi connectivity index (χ1) is 9.63. The highest BCUT2D eigenvalue weighted by Crippen LogP contribution is 2.36. The molecule has 1 aromatic rings. The summed E-state index contributed by atoms with van der Waals surface area (Å²) in [5.74, 6) is 0. The highest BCUT2D eigenvalue weighted by atomic mass is 16.3. The first kappa shape index (κ1) is 14.9. The van der Waals surface area contributed by atoms with E-state index in [-0.39, 0.29) is 24.1 Å². The lowest BCUT2D eigenvalue weighted by molar-refractivity contribution is 0.211. The van der Waals surface area contributed by atoms with Crippen molar-refractivity contribution in [3.05, 3.63) is 35.9 Å². The number of urea groups is 1. The van der Waals surface area contributed by atoms with Gasteiger partial charge in [0.05, 0.1) is 12.6 Å². The largest absolute Gasteiger partial charge is 0.394 e. The quantitative estimate of drug-likeness (QED) is 0.774. The molecule has 3 N–H and O–H groups in total. The lowest BCUT2D eigenvalue weighted by Gasteiger charge is -2.25. The van der Waals surface area contributed by atoms with Gasteiger partial charge in [0, 0.05) is 6.54 Å². The number of hydrogen-bond donors (Lipinski definition) is 3. The maximum atomic E-state index is 12.0. The van der Waals surface area contributed by atoms with Gasteiger partial charge in [-0.2, -0.15) is 0 Å². The Bertz CT molecular complexity index is 427. The summed E-state index contributed by atoms with van der Waals surface area (Å²) < 4.78 is 0.